The molecule has 1 aliphatic heterocycles. The Kier molecular flexibility index (Phi) is 7.21. The molecule has 0 bridgehead atoms. The number of benzene rings is 1. The minimum Gasteiger partial charge on any atom is -0.493 e. The summed E-state index contributed by atoms with van der Waals surface area (Å²) in [4.78, 5) is 6.77. The molecule has 0 radical (unpaired) electrons. The third kappa shape index (κ3) is 5.06. The molecule has 150 valence electrons. The standard InChI is InChI=1S/C21H33N3O3/c1-22-21(23-10-6-12-27-18-7-4-5-8-18)24-11-9-16-13-19(25-2)20(26-3)14-17(16)15-24/h13-14,18H,4-12,15H2,1-3H3,(H,22,23). The van der Waals surface area contributed by atoms with E-state index in [0.717, 1.165) is 56.5 Å². The number of methoxy groups -OCH3 is 2. The van der Waals surface area contributed by atoms with E-state index in [-0.39, 0.29) is 0 Å². The van der Waals surface area contributed by atoms with Crippen LogP contribution in [0.4, 0.5) is 0 Å². The fraction of sp³-hybridized carbons (Fsp3) is 0.667. The Morgan fingerprint density at radius 2 is 1.85 bits per heavy atom. The van der Waals surface area contributed by atoms with Crippen LogP contribution >= 0.6 is 0 Å². The lowest BCUT2D eigenvalue weighted by molar-refractivity contribution is 0.0573. The predicted octanol–water partition coefficient (Wildman–Crippen LogP) is 2.99. The van der Waals surface area contributed by atoms with Gasteiger partial charge in [-0.2, -0.15) is 0 Å². The summed E-state index contributed by atoms with van der Waals surface area (Å²) in [7, 11) is 5.21. The summed E-state index contributed by atoms with van der Waals surface area (Å²) in [6.07, 6.45) is 7.58. The highest BCUT2D eigenvalue weighted by Crippen LogP contribution is 2.33. The van der Waals surface area contributed by atoms with Crippen molar-refractivity contribution in [2.45, 2.75) is 51.2 Å². The van der Waals surface area contributed by atoms with Gasteiger partial charge in [0.15, 0.2) is 17.5 Å². The van der Waals surface area contributed by atoms with Gasteiger partial charge in [-0.15, -0.1) is 0 Å². The van der Waals surface area contributed by atoms with Gasteiger partial charge in [0.2, 0.25) is 0 Å². The molecule has 6 nitrogen and oxygen atoms in total. The van der Waals surface area contributed by atoms with Crippen LogP contribution in [0.5, 0.6) is 11.5 Å². The first kappa shape index (κ1) is 19.8. The van der Waals surface area contributed by atoms with Gasteiger partial charge in [-0.1, -0.05) is 12.8 Å². The summed E-state index contributed by atoms with van der Waals surface area (Å²) in [5.74, 6) is 2.54. The number of guanidine groups is 1. The molecular weight excluding hydrogens is 342 g/mol. The second kappa shape index (κ2) is 9.83. The molecule has 0 amide bonds. The third-order valence-electron chi connectivity index (χ3n) is 5.49. The SMILES string of the molecule is CN=C(NCCCOC1CCCC1)N1CCc2cc(OC)c(OC)cc2C1. The summed E-state index contributed by atoms with van der Waals surface area (Å²) >= 11 is 0. The molecule has 3 rings (SSSR count). The zero-order chi connectivity index (χ0) is 19.1. The molecule has 0 aromatic heterocycles. The van der Waals surface area contributed by atoms with Crippen molar-refractivity contribution >= 4 is 5.96 Å². The second-order valence-electron chi connectivity index (χ2n) is 7.25. The average Bonchev–Trinajstić information content (AvgIpc) is 3.22. The van der Waals surface area contributed by atoms with Crippen LogP contribution in [0.1, 0.15) is 43.2 Å². The highest BCUT2D eigenvalue weighted by Gasteiger charge is 2.21. The van der Waals surface area contributed by atoms with Crippen LogP contribution in [0.2, 0.25) is 0 Å². The van der Waals surface area contributed by atoms with E-state index >= 15 is 0 Å². The normalized spacial score (nSPS) is 17.7. The van der Waals surface area contributed by atoms with Gasteiger partial charge >= 0.3 is 0 Å². The van der Waals surface area contributed by atoms with E-state index < -0.39 is 0 Å². The number of hydrogen-bond donors (Lipinski definition) is 1. The molecule has 1 saturated carbocycles. The molecule has 0 atom stereocenters. The molecule has 1 aromatic carbocycles. The van der Waals surface area contributed by atoms with E-state index in [2.05, 4.69) is 27.3 Å². The van der Waals surface area contributed by atoms with Gasteiger partial charge in [-0.3, -0.25) is 4.99 Å². The van der Waals surface area contributed by atoms with Crippen LogP contribution in [0.15, 0.2) is 17.1 Å². The number of nitrogens with one attached hydrogen (secondary N) is 1. The first-order chi connectivity index (χ1) is 13.2. The molecule has 1 fully saturated rings. The Balaban J connectivity index is 1.50. The molecule has 0 saturated heterocycles. The number of hydrogen-bond acceptors (Lipinski definition) is 4. The Bertz CT molecular complexity index is 642. The van der Waals surface area contributed by atoms with Gasteiger partial charge in [0.25, 0.3) is 0 Å². The maximum Gasteiger partial charge on any atom is 0.193 e. The van der Waals surface area contributed by atoms with Crippen LogP contribution in [-0.2, 0) is 17.7 Å². The maximum absolute atomic E-state index is 5.94. The minimum absolute atomic E-state index is 0.495. The van der Waals surface area contributed by atoms with Crippen molar-refractivity contribution in [3.63, 3.8) is 0 Å². The Hall–Kier alpha value is -1.95. The van der Waals surface area contributed by atoms with E-state index in [0.29, 0.717) is 6.10 Å². The first-order valence-corrected chi connectivity index (χ1v) is 10.1. The van der Waals surface area contributed by atoms with Crippen molar-refractivity contribution in [3.05, 3.63) is 23.3 Å². The fourth-order valence-corrected chi connectivity index (χ4v) is 3.97. The van der Waals surface area contributed by atoms with Crippen molar-refractivity contribution in [1.29, 1.82) is 0 Å². The predicted molar refractivity (Wildman–Crippen MR) is 108 cm³/mol. The van der Waals surface area contributed by atoms with Gasteiger partial charge in [0.1, 0.15) is 0 Å². The number of fused-ring (bicyclic) bond motifs is 1. The topological polar surface area (TPSA) is 55.3 Å². The minimum atomic E-state index is 0.495. The molecule has 0 unspecified atom stereocenters. The fourth-order valence-electron chi connectivity index (χ4n) is 3.97. The van der Waals surface area contributed by atoms with Crippen molar-refractivity contribution < 1.29 is 14.2 Å². The highest BCUT2D eigenvalue weighted by molar-refractivity contribution is 5.80. The Morgan fingerprint density at radius 1 is 1.15 bits per heavy atom. The van der Waals surface area contributed by atoms with Gasteiger partial charge < -0.3 is 24.4 Å². The van der Waals surface area contributed by atoms with E-state index in [1.54, 1.807) is 14.2 Å². The second-order valence-corrected chi connectivity index (χ2v) is 7.25. The van der Waals surface area contributed by atoms with Gasteiger partial charge in [-0.25, -0.2) is 0 Å². The quantitative estimate of drug-likeness (QED) is 0.451. The summed E-state index contributed by atoms with van der Waals surface area (Å²) in [5, 5.41) is 3.49. The molecule has 0 spiro atoms. The highest BCUT2D eigenvalue weighted by atomic mass is 16.5. The number of rotatable bonds is 7. The van der Waals surface area contributed by atoms with Crippen LogP contribution in [0, 0.1) is 0 Å². The largest absolute Gasteiger partial charge is 0.493 e. The molecule has 6 heteroatoms. The van der Waals surface area contributed by atoms with Crippen molar-refractivity contribution in [3.8, 4) is 11.5 Å². The Labute approximate surface area is 162 Å². The molecule has 1 heterocycles. The number of ether oxygens (including phenoxy) is 3. The van der Waals surface area contributed by atoms with Gasteiger partial charge in [0.05, 0.1) is 20.3 Å². The third-order valence-corrected chi connectivity index (χ3v) is 5.49. The van der Waals surface area contributed by atoms with Crippen molar-refractivity contribution in [2.24, 2.45) is 4.99 Å². The molecule has 2 aliphatic rings. The number of aliphatic imine (C=N–C) groups is 1. The van der Waals surface area contributed by atoms with Crippen LogP contribution in [-0.4, -0.2) is 57.9 Å². The van der Waals surface area contributed by atoms with E-state index in [1.807, 2.05) is 7.05 Å². The molecule has 27 heavy (non-hydrogen) atoms. The lowest BCUT2D eigenvalue weighted by Crippen LogP contribution is -2.44. The number of nitrogens with zero attached hydrogens (tertiary/aromatic N) is 2. The Morgan fingerprint density at radius 3 is 2.52 bits per heavy atom. The van der Waals surface area contributed by atoms with E-state index in [9.17, 15) is 0 Å². The lowest BCUT2D eigenvalue weighted by atomic mass is 9.99. The molecular formula is C21H33N3O3. The smallest absolute Gasteiger partial charge is 0.193 e. The lowest BCUT2D eigenvalue weighted by Gasteiger charge is -2.32. The summed E-state index contributed by atoms with van der Waals surface area (Å²) < 4.78 is 16.8. The van der Waals surface area contributed by atoms with E-state index in [1.165, 1.54) is 36.8 Å². The van der Waals surface area contributed by atoms with Crippen LogP contribution < -0.4 is 14.8 Å². The zero-order valence-corrected chi connectivity index (χ0v) is 16.9. The van der Waals surface area contributed by atoms with Gasteiger partial charge in [0, 0.05) is 33.3 Å². The maximum atomic E-state index is 5.94. The van der Waals surface area contributed by atoms with Crippen molar-refractivity contribution in [1.82, 2.24) is 10.2 Å². The van der Waals surface area contributed by atoms with Crippen LogP contribution in [0.3, 0.4) is 0 Å². The summed E-state index contributed by atoms with van der Waals surface area (Å²) in [6, 6.07) is 4.19. The average molecular weight is 376 g/mol. The summed E-state index contributed by atoms with van der Waals surface area (Å²) in [5.41, 5.74) is 2.59. The zero-order valence-electron chi connectivity index (χ0n) is 16.9. The summed E-state index contributed by atoms with van der Waals surface area (Å²) in [6.45, 7) is 3.48. The van der Waals surface area contributed by atoms with Crippen molar-refractivity contribution in [2.75, 3.05) is 41.0 Å². The van der Waals surface area contributed by atoms with Crippen LogP contribution in [0.25, 0.3) is 0 Å². The van der Waals surface area contributed by atoms with Gasteiger partial charge in [-0.05, 0) is 48.9 Å². The van der Waals surface area contributed by atoms with E-state index in [4.69, 9.17) is 14.2 Å². The molecule has 1 aromatic rings. The molecule has 1 aliphatic carbocycles. The monoisotopic (exact) mass is 375 g/mol. The first-order valence-electron chi connectivity index (χ1n) is 10.1. The molecule has 1 N–H and O–H groups in total.